The third-order valence-corrected chi connectivity index (χ3v) is 2.09. The van der Waals surface area contributed by atoms with E-state index in [1.807, 2.05) is 6.66 Å². The second-order valence-corrected chi connectivity index (χ2v) is 3.31. The zero-order valence-corrected chi connectivity index (χ0v) is 7.28. The molecule has 0 aromatic carbocycles. The van der Waals surface area contributed by atoms with Crippen molar-refractivity contribution in [3.05, 3.63) is 0 Å². The summed E-state index contributed by atoms with van der Waals surface area (Å²) < 4.78 is 10.2. The molecule has 0 aliphatic carbocycles. The monoisotopic (exact) mass is 150 g/mol. The van der Waals surface area contributed by atoms with Crippen LogP contribution in [0.15, 0.2) is 0 Å². The standard InChI is InChI=1S/C6H15O2P/c1-4-5-6-8-9(3)7-2/h4-6H2,1-3H3. The van der Waals surface area contributed by atoms with Crippen molar-refractivity contribution >= 4 is 8.38 Å². The van der Waals surface area contributed by atoms with Crippen LogP contribution >= 0.6 is 8.38 Å². The summed E-state index contributed by atoms with van der Waals surface area (Å²) in [6.07, 6.45) is 2.32. The molecule has 0 heterocycles. The van der Waals surface area contributed by atoms with Gasteiger partial charge < -0.3 is 9.05 Å². The highest BCUT2D eigenvalue weighted by Crippen LogP contribution is 2.31. The maximum absolute atomic E-state index is 5.27. The number of unbranched alkanes of at least 4 members (excludes halogenated alkanes) is 1. The lowest BCUT2D eigenvalue weighted by Crippen LogP contribution is -1.88. The van der Waals surface area contributed by atoms with Gasteiger partial charge in [-0.2, -0.15) is 0 Å². The van der Waals surface area contributed by atoms with Gasteiger partial charge in [-0.25, -0.2) is 0 Å². The van der Waals surface area contributed by atoms with E-state index < -0.39 is 8.38 Å². The highest BCUT2D eigenvalue weighted by Gasteiger charge is 1.96. The van der Waals surface area contributed by atoms with Gasteiger partial charge in [-0.3, -0.25) is 0 Å². The normalized spacial score (nSPS) is 13.7. The van der Waals surface area contributed by atoms with Gasteiger partial charge >= 0.3 is 0 Å². The Bertz CT molecular complexity index is 59.0. The molecule has 1 unspecified atom stereocenters. The van der Waals surface area contributed by atoms with E-state index in [4.69, 9.17) is 9.05 Å². The van der Waals surface area contributed by atoms with E-state index in [0.29, 0.717) is 0 Å². The number of hydrogen-bond acceptors (Lipinski definition) is 2. The van der Waals surface area contributed by atoms with Gasteiger partial charge in [0.15, 0.2) is 8.38 Å². The molecule has 56 valence electrons. The first-order valence-electron chi connectivity index (χ1n) is 3.22. The molecule has 0 amide bonds. The Labute approximate surface area is 58.5 Å². The van der Waals surface area contributed by atoms with Crippen molar-refractivity contribution in [3.63, 3.8) is 0 Å². The lowest BCUT2D eigenvalue weighted by atomic mass is 10.4. The molecule has 0 aromatic rings. The van der Waals surface area contributed by atoms with Gasteiger partial charge in [-0.1, -0.05) is 13.3 Å². The summed E-state index contributed by atoms with van der Waals surface area (Å²) in [6.45, 7) is 4.95. The van der Waals surface area contributed by atoms with Crippen molar-refractivity contribution in [3.8, 4) is 0 Å². The van der Waals surface area contributed by atoms with Crippen LogP contribution in [0.3, 0.4) is 0 Å². The van der Waals surface area contributed by atoms with E-state index in [9.17, 15) is 0 Å². The van der Waals surface area contributed by atoms with Crippen molar-refractivity contribution < 1.29 is 9.05 Å². The third kappa shape index (κ3) is 6.23. The van der Waals surface area contributed by atoms with Crippen molar-refractivity contribution in [1.82, 2.24) is 0 Å². The van der Waals surface area contributed by atoms with Crippen LogP contribution in [0.4, 0.5) is 0 Å². The average Bonchev–Trinajstić information content (AvgIpc) is 1.89. The Morgan fingerprint density at radius 1 is 1.44 bits per heavy atom. The predicted molar refractivity (Wildman–Crippen MR) is 40.7 cm³/mol. The van der Waals surface area contributed by atoms with E-state index >= 15 is 0 Å². The SMILES string of the molecule is CCCCOP(C)OC. The molecule has 0 spiro atoms. The van der Waals surface area contributed by atoms with Crippen molar-refractivity contribution in [2.75, 3.05) is 20.4 Å². The predicted octanol–water partition coefficient (Wildman–Crippen LogP) is 2.39. The summed E-state index contributed by atoms with van der Waals surface area (Å²) in [5.74, 6) is 0. The smallest absolute Gasteiger partial charge is 0.166 e. The molecule has 0 bridgehead atoms. The van der Waals surface area contributed by atoms with Crippen LogP contribution in [0.5, 0.6) is 0 Å². The Morgan fingerprint density at radius 2 is 2.11 bits per heavy atom. The third-order valence-electron chi connectivity index (χ3n) is 1.03. The average molecular weight is 150 g/mol. The molecule has 0 aliphatic heterocycles. The molecule has 0 N–H and O–H groups in total. The fraction of sp³-hybridized carbons (Fsp3) is 1.00. The fourth-order valence-corrected chi connectivity index (χ4v) is 0.882. The van der Waals surface area contributed by atoms with E-state index in [1.54, 1.807) is 7.11 Å². The Balaban J connectivity index is 2.88. The summed E-state index contributed by atoms with van der Waals surface area (Å²) >= 11 is 0. The summed E-state index contributed by atoms with van der Waals surface area (Å²) in [6, 6.07) is 0. The molecule has 0 fully saturated rings. The summed E-state index contributed by atoms with van der Waals surface area (Å²) in [5, 5.41) is 0. The minimum Gasteiger partial charge on any atom is -0.338 e. The molecule has 0 radical (unpaired) electrons. The van der Waals surface area contributed by atoms with Crippen molar-refractivity contribution in [1.29, 1.82) is 0 Å². The van der Waals surface area contributed by atoms with Gasteiger partial charge in [0.1, 0.15) is 0 Å². The van der Waals surface area contributed by atoms with Crippen molar-refractivity contribution in [2.24, 2.45) is 0 Å². The van der Waals surface area contributed by atoms with Crippen LogP contribution in [0.25, 0.3) is 0 Å². The summed E-state index contributed by atoms with van der Waals surface area (Å²) in [5.41, 5.74) is 0. The molecule has 0 saturated heterocycles. The van der Waals surface area contributed by atoms with Crippen LogP contribution in [-0.4, -0.2) is 20.4 Å². The Kier molecular flexibility index (Phi) is 6.72. The molecule has 3 heteroatoms. The van der Waals surface area contributed by atoms with Gasteiger partial charge in [0, 0.05) is 13.8 Å². The zero-order valence-electron chi connectivity index (χ0n) is 6.39. The first-order chi connectivity index (χ1) is 4.31. The van der Waals surface area contributed by atoms with Crippen LogP contribution in [0, 0.1) is 0 Å². The van der Waals surface area contributed by atoms with E-state index in [-0.39, 0.29) is 0 Å². The molecule has 0 rings (SSSR count). The molecule has 0 saturated carbocycles. The molecular weight excluding hydrogens is 135 g/mol. The number of hydrogen-bond donors (Lipinski definition) is 0. The Morgan fingerprint density at radius 3 is 2.56 bits per heavy atom. The summed E-state index contributed by atoms with van der Waals surface area (Å²) in [7, 11) is 1.09. The lowest BCUT2D eigenvalue weighted by Gasteiger charge is -2.07. The van der Waals surface area contributed by atoms with Gasteiger partial charge in [0.2, 0.25) is 0 Å². The van der Waals surface area contributed by atoms with Gasteiger partial charge in [0.25, 0.3) is 0 Å². The zero-order chi connectivity index (χ0) is 7.11. The van der Waals surface area contributed by atoms with Crippen LogP contribution in [0.2, 0.25) is 0 Å². The molecular formula is C6H15O2P. The van der Waals surface area contributed by atoms with E-state index in [0.717, 1.165) is 13.0 Å². The highest BCUT2D eigenvalue weighted by atomic mass is 31.2. The summed E-state index contributed by atoms with van der Waals surface area (Å²) in [4.78, 5) is 0. The second kappa shape index (κ2) is 6.47. The van der Waals surface area contributed by atoms with E-state index in [2.05, 4.69) is 6.92 Å². The molecule has 2 nitrogen and oxygen atoms in total. The molecule has 0 aromatic heterocycles. The maximum Gasteiger partial charge on any atom is 0.166 e. The fourth-order valence-electron chi connectivity index (χ4n) is 0.390. The lowest BCUT2D eigenvalue weighted by molar-refractivity contribution is 0.282. The second-order valence-electron chi connectivity index (χ2n) is 1.81. The van der Waals surface area contributed by atoms with Crippen molar-refractivity contribution in [2.45, 2.75) is 19.8 Å². The number of rotatable bonds is 5. The highest BCUT2D eigenvalue weighted by molar-refractivity contribution is 7.46. The first-order valence-corrected chi connectivity index (χ1v) is 4.84. The Hall–Kier alpha value is 0.350. The minimum atomic E-state index is -0.590. The van der Waals surface area contributed by atoms with Crippen LogP contribution in [0.1, 0.15) is 19.8 Å². The molecule has 1 atom stereocenters. The van der Waals surface area contributed by atoms with Gasteiger partial charge in [-0.15, -0.1) is 0 Å². The topological polar surface area (TPSA) is 18.5 Å². The van der Waals surface area contributed by atoms with Crippen LogP contribution in [-0.2, 0) is 9.05 Å². The largest absolute Gasteiger partial charge is 0.338 e. The molecule has 0 aliphatic rings. The van der Waals surface area contributed by atoms with Gasteiger partial charge in [-0.05, 0) is 6.42 Å². The quantitative estimate of drug-likeness (QED) is 0.442. The van der Waals surface area contributed by atoms with Gasteiger partial charge in [0.05, 0.1) is 6.61 Å². The van der Waals surface area contributed by atoms with Crippen LogP contribution < -0.4 is 0 Å². The van der Waals surface area contributed by atoms with E-state index in [1.165, 1.54) is 6.42 Å². The maximum atomic E-state index is 5.27. The minimum absolute atomic E-state index is 0.590. The first kappa shape index (κ1) is 9.35. The molecule has 9 heavy (non-hydrogen) atoms.